The van der Waals surface area contributed by atoms with Gasteiger partial charge < -0.3 is 15.4 Å². The lowest BCUT2D eigenvalue weighted by Crippen LogP contribution is -2.23. The summed E-state index contributed by atoms with van der Waals surface area (Å²) in [5.74, 6) is -1.45. The molecule has 1 aromatic heterocycles. The van der Waals surface area contributed by atoms with Crippen LogP contribution >= 0.6 is 0 Å². The number of pyridine rings is 1. The number of carbonyl (C=O) groups is 2. The number of allylic oxidation sites excluding steroid dienone is 1. The standard InChI is InChI=1S/C18H15N3O4/c1-11-9-15(23)16(18(25)21-11)14(22)6-5-12-3-2-4-13(10-12)17(24)20-8-7-19/h2-6,9-10H,8H2,1H3,(H,20,24)(H2,21,23,25)/b6-5+. The van der Waals surface area contributed by atoms with Crippen molar-refractivity contribution in [3.8, 4) is 11.8 Å². The Bertz CT molecular complexity index is 952. The number of amides is 1. The lowest BCUT2D eigenvalue weighted by atomic mass is 10.1. The summed E-state index contributed by atoms with van der Waals surface area (Å²) in [6, 6.07) is 9.51. The van der Waals surface area contributed by atoms with Gasteiger partial charge in [0.15, 0.2) is 5.78 Å². The highest BCUT2D eigenvalue weighted by Gasteiger charge is 2.14. The molecule has 2 aromatic rings. The molecular formula is C18H15N3O4. The van der Waals surface area contributed by atoms with Gasteiger partial charge in [-0.2, -0.15) is 5.26 Å². The van der Waals surface area contributed by atoms with Crippen LogP contribution in [0, 0.1) is 18.3 Å². The van der Waals surface area contributed by atoms with E-state index in [0.29, 0.717) is 16.8 Å². The summed E-state index contributed by atoms with van der Waals surface area (Å²) in [6.07, 6.45) is 2.58. The van der Waals surface area contributed by atoms with Gasteiger partial charge in [0.25, 0.3) is 11.5 Å². The maximum Gasteiger partial charge on any atom is 0.263 e. The molecule has 1 heterocycles. The summed E-state index contributed by atoms with van der Waals surface area (Å²) in [6.45, 7) is 1.49. The van der Waals surface area contributed by atoms with E-state index in [9.17, 15) is 19.5 Å². The highest BCUT2D eigenvalue weighted by molar-refractivity contribution is 6.08. The Balaban J connectivity index is 2.23. The van der Waals surface area contributed by atoms with E-state index in [1.165, 1.54) is 18.2 Å². The zero-order chi connectivity index (χ0) is 18.4. The van der Waals surface area contributed by atoms with Crippen LogP contribution in [0.1, 0.15) is 32.0 Å². The maximum atomic E-state index is 12.1. The van der Waals surface area contributed by atoms with Crippen molar-refractivity contribution in [2.75, 3.05) is 6.54 Å². The third-order valence-electron chi connectivity index (χ3n) is 3.30. The zero-order valence-corrected chi connectivity index (χ0v) is 13.4. The topological polar surface area (TPSA) is 123 Å². The number of aromatic hydroxyl groups is 1. The number of benzene rings is 1. The number of ketones is 1. The Morgan fingerprint density at radius 3 is 2.80 bits per heavy atom. The number of hydrogen-bond donors (Lipinski definition) is 3. The Morgan fingerprint density at radius 2 is 2.12 bits per heavy atom. The fourth-order valence-electron chi connectivity index (χ4n) is 2.17. The van der Waals surface area contributed by atoms with E-state index in [4.69, 9.17) is 5.26 Å². The summed E-state index contributed by atoms with van der Waals surface area (Å²) in [5, 5.41) is 20.7. The van der Waals surface area contributed by atoms with E-state index in [-0.39, 0.29) is 17.9 Å². The van der Waals surface area contributed by atoms with Crippen molar-refractivity contribution in [3.63, 3.8) is 0 Å². The first kappa shape index (κ1) is 17.7. The van der Waals surface area contributed by atoms with Crippen LogP contribution in [0.3, 0.4) is 0 Å². The molecule has 0 atom stereocenters. The molecule has 0 fully saturated rings. The quantitative estimate of drug-likeness (QED) is 0.434. The highest BCUT2D eigenvalue weighted by Crippen LogP contribution is 2.15. The number of nitrogens with one attached hydrogen (secondary N) is 2. The van der Waals surface area contributed by atoms with Crippen LogP contribution in [0.5, 0.6) is 5.75 Å². The molecule has 1 aromatic carbocycles. The first-order valence-corrected chi connectivity index (χ1v) is 7.33. The van der Waals surface area contributed by atoms with Crippen LogP contribution in [-0.2, 0) is 0 Å². The smallest absolute Gasteiger partial charge is 0.263 e. The van der Waals surface area contributed by atoms with Gasteiger partial charge in [-0.3, -0.25) is 14.4 Å². The molecule has 2 rings (SSSR count). The van der Waals surface area contributed by atoms with Gasteiger partial charge in [-0.1, -0.05) is 18.2 Å². The molecule has 1 amide bonds. The lowest BCUT2D eigenvalue weighted by Gasteiger charge is -2.03. The zero-order valence-electron chi connectivity index (χ0n) is 13.4. The van der Waals surface area contributed by atoms with Gasteiger partial charge in [-0.25, -0.2) is 0 Å². The second-order valence-electron chi connectivity index (χ2n) is 5.21. The molecule has 7 nitrogen and oxygen atoms in total. The molecule has 25 heavy (non-hydrogen) atoms. The third kappa shape index (κ3) is 4.42. The maximum absolute atomic E-state index is 12.1. The average Bonchev–Trinajstić information content (AvgIpc) is 2.57. The molecule has 7 heteroatoms. The summed E-state index contributed by atoms with van der Waals surface area (Å²) in [4.78, 5) is 38.2. The van der Waals surface area contributed by atoms with Gasteiger partial charge in [0.05, 0.1) is 6.07 Å². The number of rotatable bonds is 5. The number of aromatic nitrogens is 1. The summed E-state index contributed by atoms with van der Waals surface area (Å²) in [5.41, 5.74) is 0.322. The Kier molecular flexibility index (Phi) is 5.48. The van der Waals surface area contributed by atoms with Crippen LogP contribution in [0.4, 0.5) is 0 Å². The van der Waals surface area contributed by atoms with Crippen molar-refractivity contribution >= 4 is 17.8 Å². The molecule has 0 saturated heterocycles. The van der Waals surface area contributed by atoms with E-state index in [2.05, 4.69) is 10.3 Å². The summed E-state index contributed by atoms with van der Waals surface area (Å²) < 4.78 is 0. The number of hydrogen-bond acceptors (Lipinski definition) is 5. The van der Waals surface area contributed by atoms with Gasteiger partial charge in [0, 0.05) is 11.3 Å². The lowest BCUT2D eigenvalue weighted by molar-refractivity contribution is 0.0957. The fraction of sp³-hybridized carbons (Fsp3) is 0.111. The molecule has 0 bridgehead atoms. The Labute approximate surface area is 143 Å². The van der Waals surface area contributed by atoms with E-state index in [1.807, 2.05) is 6.07 Å². The van der Waals surface area contributed by atoms with Gasteiger partial charge in [-0.15, -0.1) is 0 Å². The number of aryl methyl sites for hydroxylation is 1. The Morgan fingerprint density at radius 1 is 1.36 bits per heavy atom. The van der Waals surface area contributed by atoms with Crippen molar-refractivity contribution in [1.29, 1.82) is 5.26 Å². The fourth-order valence-corrected chi connectivity index (χ4v) is 2.17. The SMILES string of the molecule is Cc1cc(O)c(C(=O)/C=C/c2cccc(C(=O)NCC#N)c2)c(=O)[nH]1. The van der Waals surface area contributed by atoms with Gasteiger partial charge in [0.2, 0.25) is 0 Å². The number of aromatic amines is 1. The monoisotopic (exact) mass is 337 g/mol. The van der Waals surface area contributed by atoms with Crippen molar-refractivity contribution in [2.45, 2.75) is 6.92 Å². The predicted molar refractivity (Wildman–Crippen MR) is 91.2 cm³/mol. The molecule has 0 spiro atoms. The number of nitriles is 1. The van der Waals surface area contributed by atoms with E-state index < -0.39 is 17.2 Å². The van der Waals surface area contributed by atoms with Crippen LogP contribution in [0.2, 0.25) is 0 Å². The average molecular weight is 337 g/mol. The Hall–Kier alpha value is -3.66. The summed E-state index contributed by atoms with van der Waals surface area (Å²) in [7, 11) is 0. The minimum absolute atomic E-state index is 0.104. The van der Waals surface area contributed by atoms with Gasteiger partial charge in [0.1, 0.15) is 17.9 Å². The van der Waals surface area contributed by atoms with E-state index >= 15 is 0 Å². The normalized spacial score (nSPS) is 10.4. The second-order valence-corrected chi connectivity index (χ2v) is 5.21. The van der Waals surface area contributed by atoms with Crippen molar-refractivity contribution in [3.05, 3.63) is 69.1 Å². The van der Waals surface area contributed by atoms with Crippen LogP contribution in [0.15, 0.2) is 41.2 Å². The number of carbonyl (C=O) groups excluding carboxylic acids is 2. The highest BCUT2D eigenvalue weighted by atomic mass is 16.3. The first-order valence-electron chi connectivity index (χ1n) is 7.33. The van der Waals surface area contributed by atoms with Crippen molar-refractivity contribution < 1.29 is 14.7 Å². The third-order valence-corrected chi connectivity index (χ3v) is 3.30. The second kappa shape index (κ2) is 7.75. The molecular weight excluding hydrogens is 322 g/mol. The van der Waals surface area contributed by atoms with Crippen LogP contribution in [0.25, 0.3) is 6.08 Å². The summed E-state index contributed by atoms with van der Waals surface area (Å²) >= 11 is 0. The molecule has 0 radical (unpaired) electrons. The first-order chi connectivity index (χ1) is 11.9. The van der Waals surface area contributed by atoms with Crippen molar-refractivity contribution in [1.82, 2.24) is 10.3 Å². The largest absolute Gasteiger partial charge is 0.507 e. The minimum atomic E-state index is -0.670. The van der Waals surface area contributed by atoms with E-state index in [1.54, 1.807) is 25.1 Å². The van der Waals surface area contributed by atoms with Crippen LogP contribution in [-0.4, -0.2) is 28.3 Å². The molecule has 0 saturated carbocycles. The molecule has 3 N–H and O–H groups in total. The van der Waals surface area contributed by atoms with E-state index in [0.717, 1.165) is 6.08 Å². The molecule has 126 valence electrons. The van der Waals surface area contributed by atoms with Crippen molar-refractivity contribution in [2.24, 2.45) is 0 Å². The molecule has 0 aliphatic heterocycles. The minimum Gasteiger partial charge on any atom is -0.507 e. The molecule has 0 unspecified atom stereocenters. The number of nitrogens with zero attached hydrogens (tertiary/aromatic N) is 1. The van der Waals surface area contributed by atoms with Gasteiger partial charge in [-0.05, 0) is 36.8 Å². The number of H-pyrrole nitrogens is 1. The van der Waals surface area contributed by atoms with Gasteiger partial charge >= 0.3 is 0 Å². The van der Waals surface area contributed by atoms with Crippen LogP contribution < -0.4 is 10.9 Å². The molecule has 0 aliphatic rings. The predicted octanol–water partition coefficient (Wildman–Crippen LogP) is 1.54. The molecule has 0 aliphatic carbocycles.